The topological polar surface area (TPSA) is 74.8 Å². The molecule has 104 valence electrons. The number of aryl methyl sites for hydroxylation is 2. The minimum Gasteiger partial charge on any atom is -0.343 e. The molecule has 2 aromatic rings. The van der Waals surface area contributed by atoms with Gasteiger partial charge in [-0.2, -0.15) is 5.26 Å². The molecule has 0 aliphatic carbocycles. The van der Waals surface area contributed by atoms with Crippen LogP contribution in [0.5, 0.6) is 0 Å². The molecule has 2 rings (SSSR count). The molecule has 0 saturated carbocycles. The van der Waals surface area contributed by atoms with Crippen LogP contribution < -0.4 is 0 Å². The lowest BCUT2D eigenvalue weighted by Crippen LogP contribution is -2.31. The number of hydrogen-bond donors (Lipinski definition) is 0. The van der Waals surface area contributed by atoms with Crippen LogP contribution in [-0.2, 0) is 11.3 Å². The average Bonchev–Trinajstić information content (AvgIpc) is 2.79. The van der Waals surface area contributed by atoms with Crippen LogP contribution >= 0.6 is 0 Å². The van der Waals surface area contributed by atoms with Gasteiger partial charge in [-0.25, -0.2) is 4.68 Å². The van der Waals surface area contributed by atoms with Crippen LogP contribution in [0.1, 0.15) is 17.5 Å². The van der Waals surface area contributed by atoms with Crippen molar-refractivity contribution in [2.75, 3.05) is 13.6 Å². The fourth-order valence-corrected chi connectivity index (χ4v) is 1.93. The molecule has 1 aromatic carbocycles. The number of aromatic nitrogens is 3. The molecule has 0 radical (unpaired) electrons. The maximum Gasteiger partial charge on any atom is 0.244 e. The van der Waals surface area contributed by atoms with E-state index in [9.17, 15) is 4.79 Å². The molecule has 0 bridgehead atoms. The summed E-state index contributed by atoms with van der Waals surface area (Å²) in [7, 11) is 1.69. The van der Waals surface area contributed by atoms with Crippen molar-refractivity contribution in [3.05, 3.63) is 23.3 Å². The van der Waals surface area contributed by atoms with Gasteiger partial charge in [-0.1, -0.05) is 5.21 Å². The summed E-state index contributed by atoms with van der Waals surface area (Å²) < 4.78 is 1.60. The normalized spacial score (nSPS) is 10.5. The van der Waals surface area contributed by atoms with Crippen LogP contribution in [0.2, 0.25) is 0 Å². The first kappa shape index (κ1) is 14.0. The predicted molar refractivity (Wildman–Crippen MR) is 74.9 cm³/mol. The molecule has 1 amide bonds. The largest absolute Gasteiger partial charge is 0.343 e. The third-order valence-corrected chi connectivity index (χ3v) is 3.40. The van der Waals surface area contributed by atoms with Crippen LogP contribution in [0.4, 0.5) is 0 Å². The lowest BCUT2D eigenvalue weighted by molar-refractivity contribution is -0.130. The third-order valence-electron chi connectivity index (χ3n) is 3.40. The van der Waals surface area contributed by atoms with Gasteiger partial charge in [0.2, 0.25) is 5.91 Å². The van der Waals surface area contributed by atoms with Gasteiger partial charge >= 0.3 is 0 Å². The lowest BCUT2D eigenvalue weighted by Gasteiger charge is -2.15. The molecule has 1 heterocycles. The molecular weight excluding hydrogens is 254 g/mol. The molecule has 20 heavy (non-hydrogen) atoms. The summed E-state index contributed by atoms with van der Waals surface area (Å²) in [6, 6.07) is 5.99. The van der Waals surface area contributed by atoms with Gasteiger partial charge in [-0.15, -0.1) is 5.10 Å². The van der Waals surface area contributed by atoms with E-state index in [4.69, 9.17) is 5.26 Å². The first-order chi connectivity index (χ1) is 9.52. The number of carbonyl (C=O) groups excluding carboxylic acids is 1. The Hall–Kier alpha value is -2.42. The molecule has 1 aromatic heterocycles. The SMILES string of the molecule is Cc1cc2nnn(CC(=O)N(C)CCC#N)c2cc1C. The minimum absolute atomic E-state index is 0.0784. The summed E-state index contributed by atoms with van der Waals surface area (Å²) in [4.78, 5) is 13.6. The number of fused-ring (bicyclic) bond motifs is 1. The highest BCUT2D eigenvalue weighted by Crippen LogP contribution is 2.17. The van der Waals surface area contributed by atoms with E-state index in [1.807, 2.05) is 32.0 Å². The van der Waals surface area contributed by atoms with Crippen molar-refractivity contribution in [3.63, 3.8) is 0 Å². The Morgan fingerprint density at radius 2 is 2.10 bits per heavy atom. The number of benzene rings is 1. The number of nitriles is 1. The molecule has 0 atom stereocenters. The zero-order valence-electron chi connectivity index (χ0n) is 11.9. The number of hydrogen-bond acceptors (Lipinski definition) is 4. The molecule has 6 nitrogen and oxygen atoms in total. The van der Waals surface area contributed by atoms with Gasteiger partial charge in [-0.3, -0.25) is 4.79 Å². The highest BCUT2D eigenvalue weighted by atomic mass is 16.2. The van der Waals surface area contributed by atoms with Crippen molar-refractivity contribution >= 4 is 16.9 Å². The molecule has 0 saturated heterocycles. The van der Waals surface area contributed by atoms with Gasteiger partial charge in [0.15, 0.2) is 0 Å². The fraction of sp³-hybridized carbons (Fsp3) is 0.429. The van der Waals surface area contributed by atoms with Gasteiger partial charge in [0.25, 0.3) is 0 Å². The van der Waals surface area contributed by atoms with Gasteiger partial charge < -0.3 is 4.90 Å². The molecule has 0 aliphatic heterocycles. The first-order valence-corrected chi connectivity index (χ1v) is 6.44. The van der Waals surface area contributed by atoms with E-state index >= 15 is 0 Å². The highest BCUT2D eigenvalue weighted by Gasteiger charge is 2.13. The molecule has 0 spiro atoms. The number of amides is 1. The number of carbonyl (C=O) groups is 1. The van der Waals surface area contributed by atoms with Crippen LogP contribution in [0.25, 0.3) is 11.0 Å². The Labute approximate surface area is 117 Å². The molecule has 0 unspecified atom stereocenters. The predicted octanol–water partition coefficient (Wildman–Crippen LogP) is 1.42. The number of rotatable bonds is 4. The number of nitrogens with zero attached hydrogens (tertiary/aromatic N) is 5. The average molecular weight is 271 g/mol. The Morgan fingerprint density at radius 3 is 2.80 bits per heavy atom. The Bertz CT molecular complexity index is 683. The van der Waals surface area contributed by atoms with E-state index in [1.54, 1.807) is 11.7 Å². The summed E-state index contributed by atoms with van der Waals surface area (Å²) >= 11 is 0. The van der Waals surface area contributed by atoms with Gasteiger partial charge in [0, 0.05) is 13.6 Å². The van der Waals surface area contributed by atoms with E-state index in [1.165, 1.54) is 4.90 Å². The maximum atomic E-state index is 12.0. The minimum atomic E-state index is -0.0784. The summed E-state index contributed by atoms with van der Waals surface area (Å²) in [6.45, 7) is 4.61. The van der Waals surface area contributed by atoms with Crippen LogP contribution in [-0.4, -0.2) is 39.4 Å². The van der Waals surface area contributed by atoms with Crippen molar-refractivity contribution in [2.24, 2.45) is 0 Å². The van der Waals surface area contributed by atoms with Crippen LogP contribution in [0.15, 0.2) is 12.1 Å². The molecule has 0 N–H and O–H groups in total. The van der Waals surface area contributed by atoms with Crippen LogP contribution in [0.3, 0.4) is 0 Å². The summed E-state index contributed by atoms with van der Waals surface area (Å²) in [5.41, 5.74) is 3.95. The fourth-order valence-electron chi connectivity index (χ4n) is 1.93. The monoisotopic (exact) mass is 271 g/mol. The Kier molecular flexibility index (Phi) is 3.99. The van der Waals surface area contributed by atoms with E-state index < -0.39 is 0 Å². The second-order valence-corrected chi connectivity index (χ2v) is 4.90. The summed E-state index contributed by atoms with van der Waals surface area (Å²) in [5.74, 6) is -0.0784. The van der Waals surface area contributed by atoms with E-state index in [2.05, 4.69) is 10.3 Å². The lowest BCUT2D eigenvalue weighted by atomic mass is 10.1. The first-order valence-electron chi connectivity index (χ1n) is 6.44. The Morgan fingerprint density at radius 1 is 1.40 bits per heavy atom. The zero-order valence-corrected chi connectivity index (χ0v) is 11.9. The molecule has 6 heteroatoms. The van der Waals surface area contributed by atoms with Crippen molar-refractivity contribution in [1.29, 1.82) is 5.26 Å². The molecule has 0 aliphatic rings. The highest BCUT2D eigenvalue weighted by molar-refractivity contribution is 5.80. The number of likely N-dealkylation sites (N-methyl/N-ethyl adjacent to an activating group) is 1. The Balaban J connectivity index is 2.20. The van der Waals surface area contributed by atoms with Gasteiger partial charge in [0.1, 0.15) is 12.1 Å². The summed E-state index contributed by atoms with van der Waals surface area (Å²) in [5, 5.41) is 16.7. The van der Waals surface area contributed by atoms with E-state index in [-0.39, 0.29) is 12.5 Å². The third kappa shape index (κ3) is 2.77. The second kappa shape index (κ2) is 5.70. The van der Waals surface area contributed by atoms with Crippen molar-refractivity contribution in [2.45, 2.75) is 26.8 Å². The maximum absolute atomic E-state index is 12.0. The molecular formula is C14H17N5O. The van der Waals surface area contributed by atoms with Crippen molar-refractivity contribution < 1.29 is 4.79 Å². The van der Waals surface area contributed by atoms with Crippen molar-refractivity contribution in [3.8, 4) is 6.07 Å². The molecule has 0 fully saturated rings. The smallest absolute Gasteiger partial charge is 0.244 e. The van der Waals surface area contributed by atoms with E-state index in [0.717, 1.165) is 22.2 Å². The summed E-state index contributed by atoms with van der Waals surface area (Å²) in [6.07, 6.45) is 0.332. The second-order valence-electron chi connectivity index (χ2n) is 4.90. The van der Waals surface area contributed by atoms with Gasteiger partial charge in [0.05, 0.1) is 18.0 Å². The van der Waals surface area contributed by atoms with Gasteiger partial charge in [-0.05, 0) is 37.1 Å². The quantitative estimate of drug-likeness (QED) is 0.842. The van der Waals surface area contributed by atoms with Crippen molar-refractivity contribution in [1.82, 2.24) is 19.9 Å². The van der Waals surface area contributed by atoms with Crippen LogP contribution in [0, 0.1) is 25.2 Å². The standard InChI is InChI=1S/C14H17N5O/c1-10-7-12-13(8-11(10)2)19(17-16-12)9-14(20)18(3)6-4-5-15/h7-8H,4,6,9H2,1-3H3. The zero-order chi connectivity index (χ0) is 14.7. The van der Waals surface area contributed by atoms with E-state index in [0.29, 0.717) is 13.0 Å².